The molecule has 7 nitrogen and oxygen atoms in total. The van der Waals surface area contributed by atoms with E-state index in [4.69, 9.17) is 0 Å². The molecule has 1 aromatic heterocycles. The van der Waals surface area contributed by atoms with Crippen LogP contribution in [0.5, 0.6) is 0 Å². The van der Waals surface area contributed by atoms with E-state index in [0.717, 1.165) is 18.5 Å². The fraction of sp³-hybridized carbons (Fsp3) is 0.615. The zero-order valence-electron chi connectivity index (χ0n) is 11.3. The maximum atomic E-state index is 12.2. The molecule has 2 bridgehead atoms. The van der Waals surface area contributed by atoms with Crippen molar-refractivity contribution in [3.8, 4) is 0 Å². The maximum Gasteiger partial charge on any atom is 0.318 e. The van der Waals surface area contributed by atoms with Gasteiger partial charge in [0.25, 0.3) is 0 Å². The molecule has 0 saturated carbocycles. The third-order valence-electron chi connectivity index (χ3n) is 4.28. The summed E-state index contributed by atoms with van der Waals surface area (Å²) in [6.07, 6.45) is 4.10. The predicted molar refractivity (Wildman–Crippen MR) is 69.8 cm³/mol. The Labute approximate surface area is 116 Å². The molecule has 20 heavy (non-hydrogen) atoms. The van der Waals surface area contributed by atoms with Crippen molar-refractivity contribution in [1.82, 2.24) is 20.0 Å². The summed E-state index contributed by atoms with van der Waals surface area (Å²) >= 11 is 0. The molecule has 0 aliphatic carbocycles. The highest BCUT2D eigenvalue weighted by molar-refractivity contribution is 5.79. The number of carboxylic acids is 1. The largest absolute Gasteiger partial charge is 0.481 e. The third kappa shape index (κ3) is 2.13. The number of nitrogens with one attached hydrogen (secondary N) is 1. The molecule has 7 heteroatoms. The topological polar surface area (TPSA) is 87.5 Å². The quantitative estimate of drug-likeness (QED) is 0.846. The second-order valence-corrected chi connectivity index (χ2v) is 5.53. The van der Waals surface area contributed by atoms with Crippen molar-refractivity contribution >= 4 is 12.0 Å². The second-order valence-electron chi connectivity index (χ2n) is 5.53. The minimum absolute atomic E-state index is 0.0739. The van der Waals surface area contributed by atoms with Gasteiger partial charge in [-0.05, 0) is 25.3 Å². The lowest BCUT2D eigenvalue weighted by Crippen LogP contribution is -2.44. The van der Waals surface area contributed by atoms with Crippen LogP contribution in [-0.4, -0.2) is 43.9 Å². The van der Waals surface area contributed by atoms with E-state index < -0.39 is 11.9 Å². The van der Waals surface area contributed by atoms with Gasteiger partial charge in [-0.2, -0.15) is 5.10 Å². The van der Waals surface area contributed by atoms with Crippen molar-refractivity contribution in [3.63, 3.8) is 0 Å². The predicted octanol–water partition coefficient (Wildman–Crippen LogP) is 0.567. The van der Waals surface area contributed by atoms with E-state index in [0.29, 0.717) is 13.0 Å². The monoisotopic (exact) mass is 278 g/mol. The summed E-state index contributed by atoms with van der Waals surface area (Å²) in [7, 11) is 1.82. The van der Waals surface area contributed by atoms with Crippen LogP contribution < -0.4 is 5.32 Å². The summed E-state index contributed by atoms with van der Waals surface area (Å²) in [5, 5.41) is 16.2. The number of rotatable bonds is 3. The average Bonchev–Trinajstić information content (AvgIpc) is 3.09. The number of carboxylic acid groups (broad SMARTS) is 1. The van der Waals surface area contributed by atoms with Crippen LogP contribution in [0.15, 0.2) is 12.3 Å². The first kappa shape index (κ1) is 13.0. The van der Waals surface area contributed by atoms with E-state index in [1.807, 2.05) is 19.3 Å². The molecule has 2 saturated heterocycles. The van der Waals surface area contributed by atoms with Crippen LogP contribution in [-0.2, 0) is 18.4 Å². The number of amides is 2. The standard InChI is InChI=1S/C13H18N4O3/c1-16-5-4-8(15-16)7-14-13(20)17-9-2-3-11(17)10(6-9)12(18)19/h4-5,9-11H,2-3,6-7H2,1H3,(H,14,20)(H,18,19). The number of aromatic nitrogens is 2. The first-order chi connectivity index (χ1) is 9.56. The first-order valence-electron chi connectivity index (χ1n) is 6.83. The molecule has 2 aliphatic rings. The Morgan fingerprint density at radius 1 is 1.50 bits per heavy atom. The van der Waals surface area contributed by atoms with Crippen LogP contribution in [0, 0.1) is 5.92 Å². The average molecular weight is 278 g/mol. The van der Waals surface area contributed by atoms with Crippen LogP contribution in [0.2, 0.25) is 0 Å². The summed E-state index contributed by atoms with van der Waals surface area (Å²) in [6.45, 7) is 0.368. The van der Waals surface area contributed by atoms with E-state index in [1.54, 1.807) is 9.58 Å². The van der Waals surface area contributed by atoms with Gasteiger partial charge in [-0.1, -0.05) is 0 Å². The zero-order chi connectivity index (χ0) is 14.3. The van der Waals surface area contributed by atoms with Gasteiger partial charge >= 0.3 is 12.0 Å². The molecule has 0 aromatic carbocycles. The van der Waals surface area contributed by atoms with Gasteiger partial charge in [0.05, 0.1) is 18.2 Å². The Hall–Kier alpha value is -2.05. The maximum absolute atomic E-state index is 12.2. The van der Waals surface area contributed by atoms with Crippen LogP contribution in [0.25, 0.3) is 0 Å². The van der Waals surface area contributed by atoms with Crippen LogP contribution in [0.3, 0.4) is 0 Å². The molecule has 2 aliphatic heterocycles. The van der Waals surface area contributed by atoms with Gasteiger partial charge in [0.1, 0.15) is 0 Å². The lowest BCUT2D eigenvalue weighted by atomic mass is 9.89. The van der Waals surface area contributed by atoms with Crippen molar-refractivity contribution in [1.29, 1.82) is 0 Å². The molecule has 3 rings (SSSR count). The molecule has 2 N–H and O–H groups in total. The number of carbonyl (C=O) groups excluding carboxylic acids is 1. The molecule has 0 radical (unpaired) electrons. The fourth-order valence-corrected chi connectivity index (χ4v) is 3.39. The second kappa shape index (κ2) is 4.81. The van der Waals surface area contributed by atoms with Crippen molar-refractivity contribution in [2.24, 2.45) is 13.0 Å². The van der Waals surface area contributed by atoms with Gasteiger partial charge in [-0.15, -0.1) is 0 Å². The highest BCUT2D eigenvalue weighted by atomic mass is 16.4. The normalized spacial score (nSPS) is 27.9. The van der Waals surface area contributed by atoms with Crippen molar-refractivity contribution in [2.45, 2.75) is 37.9 Å². The van der Waals surface area contributed by atoms with Gasteiger partial charge < -0.3 is 15.3 Å². The Morgan fingerprint density at radius 2 is 2.30 bits per heavy atom. The summed E-state index contributed by atoms with van der Waals surface area (Å²) in [5.41, 5.74) is 0.794. The lowest BCUT2D eigenvalue weighted by Gasteiger charge is -2.23. The number of aliphatic carboxylic acids is 1. The number of fused-ring (bicyclic) bond motifs is 2. The number of hydrogen-bond donors (Lipinski definition) is 2. The highest BCUT2D eigenvalue weighted by Gasteiger charge is 2.51. The van der Waals surface area contributed by atoms with Gasteiger partial charge in [0, 0.05) is 25.3 Å². The molecular formula is C13H18N4O3. The van der Waals surface area contributed by atoms with Crippen LogP contribution >= 0.6 is 0 Å². The number of carbonyl (C=O) groups is 2. The zero-order valence-corrected chi connectivity index (χ0v) is 11.3. The van der Waals surface area contributed by atoms with E-state index >= 15 is 0 Å². The first-order valence-corrected chi connectivity index (χ1v) is 6.83. The molecule has 2 fully saturated rings. The molecule has 0 spiro atoms. The molecule has 108 valence electrons. The van der Waals surface area contributed by atoms with Gasteiger partial charge in [0.2, 0.25) is 0 Å². The SMILES string of the molecule is Cn1ccc(CNC(=O)N2C3CCC2C(C(=O)O)C3)n1. The van der Waals surface area contributed by atoms with Crippen molar-refractivity contribution in [3.05, 3.63) is 18.0 Å². The molecule has 3 atom stereocenters. The molecule has 2 amide bonds. The third-order valence-corrected chi connectivity index (χ3v) is 4.28. The Balaban J connectivity index is 1.62. The number of aryl methyl sites for hydroxylation is 1. The molecule has 3 heterocycles. The van der Waals surface area contributed by atoms with E-state index in [2.05, 4.69) is 10.4 Å². The number of hydrogen-bond acceptors (Lipinski definition) is 3. The fourth-order valence-electron chi connectivity index (χ4n) is 3.39. The molecule has 1 aromatic rings. The highest BCUT2D eigenvalue weighted by Crippen LogP contribution is 2.41. The molecule has 3 unspecified atom stereocenters. The summed E-state index contributed by atoms with van der Waals surface area (Å²) in [5.74, 6) is -1.20. The van der Waals surface area contributed by atoms with E-state index in [-0.39, 0.29) is 18.1 Å². The molecular weight excluding hydrogens is 260 g/mol. The van der Waals surface area contributed by atoms with Gasteiger partial charge in [-0.3, -0.25) is 9.48 Å². The van der Waals surface area contributed by atoms with E-state index in [1.165, 1.54) is 0 Å². The minimum atomic E-state index is -0.792. The lowest BCUT2D eigenvalue weighted by molar-refractivity contribution is -0.142. The summed E-state index contributed by atoms with van der Waals surface area (Å²) < 4.78 is 1.68. The summed E-state index contributed by atoms with van der Waals surface area (Å²) in [4.78, 5) is 25.1. The minimum Gasteiger partial charge on any atom is -0.481 e. The number of nitrogens with zero attached hydrogens (tertiary/aromatic N) is 3. The van der Waals surface area contributed by atoms with Crippen LogP contribution in [0.1, 0.15) is 25.0 Å². The van der Waals surface area contributed by atoms with E-state index in [9.17, 15) is 14.7 Å². The summed E-state index contributed by atoms with van der Waals surface area (Å²) in [6, 6.07) is 1.59. The van der Waals surface area contributed by atoms with Gasteiger partial charge in [-0.25, -0.2) is 4.79 Å². The van der Waals surface area contributed by atoms with Gasteiger partial charge in [0.15, 0.2) is 0 Å². The Kier molecular flexibility index (Phi) is 3.11. The Morgan fingerprint density at radius 3 is 2.90 bits per heavy atom. The Bertz CT molecular complexity index is 541. The number of urea groups is 1. The smallest absolute Gasteiger partial charge is 0.318 e. The van der Waals surface area contributed by atoms with Crippen molar-refractivity contribution < 1.29 is 14.7 Å². The van der Waals surface area contributed by atoms with Crippen molar-refractivity contribution in [2.75, 3.05) is 0 Å². The van der Waals surface area contributed by atoms with Crippen LogP contribution in [0.4, 0.5) is 4.79 Å².